The van der Waals surface area contributed by atoms with E-state index in [1.54, 1.807) is 23.6 Å². The predicted octanol–water partition coefficient (Wildman–Crippen LogP) is 4.29. The van der Waals surface area contributed by atoms with E-state index < -0.39 is 11.6 Å². The smallest absolute Gasteiger partial charge is 0.230 e. The van der Waals surface area contributed by atoms with E-state index >= 15 is 0 Å². The number of carbonyl (C=O) groups is 1. The number of hydrogen-bond donors (Lipinski definition) is 1. The standard InChI is InChI=1S/C19H16F2N2O3S/c1-25-16-6-3-11(7-17(16)26-2)8-18(24)23-19-22-15(10-27-19)13-5-4-12(20)9-14(13)21/h3-7,9-10H,8H2,1-2H3,(H,22,23,24). The summed E-state index contributed by atoms with van der Waals surface area (Å²) < 4.78 is 37.2. The second-order valence-electron chi connectivity index (χ2n) is 5.58. The SMILES string of the molecule is COc1ccc(CC(=O)Nc2nc(-c3ccc(F)cc3F)cs2)cc1OC. The first-order valence-corrected chi connectivity index (χ1v) is 8.80. The molecule has 1 amide bonds. The van der Waals surface area contributed by atoms with Gasteiger partial charge >= 0.3 is 0 Å². The molecule has 0 atom stereocenters. The minimum atomic E-state index is -0.705. The number of aromatic nitrogens is 1. The molecule has 140 valence electrons. The number of nitrogens with one attached hydrogen (secondary N) is 1. The van der Waals surface area contributed by atoms with Gasteiger partial charge in [0.05, 0.1) is 26.3 Å². The number of nitrogens with zero attached hydrogens (tertiary/aromatic N) is 1. The molecule has 2 aromatic carbocycles. The molecule has 0 saturated heterocycles. The molecular formula is C19H16F2N2O3S. The normalized spacial score (nSPS) is 10.5. The number of thiazole rings is 1. The minimum Gasteiger partial charge on any atom is -0.493 e. The summed E-state index contributed by atoms with van der Waals surface area (Å²) in [6.07, 6.45) is 0.111. The second-order valence-corrected chi connectivity index (χ2v) is 6.43. The molecule has 27 heavy (non-hydrogen) atoms. The van der Waals surface area contributed by atoms with Crippen LogP contribution in [-0.2, 0) is 11.2 Å². The third-order valence-electron chi connectivity index (χ3n) is 3.77. The Kier molecular flexibility index (Phi) is 5.66. The van der Waals surface area contributed by atoms with Crippen molar-refractivity contribution < 1.29 is 23.0 Å². The number of halogens is 2. The van der Waals surface area contributed by atoms with Gasteiger partial charge in [-0.2, -0.15) is 0 Å². The Bertz CT molecular complexity index is 975. The number of benzene rings is 2. The van der Waals surface area contributed by atoms with Crippen LogP contribution in [0.15, 0.2) is 41.8 Å². The van der Waals surface area contributed by atoms with Crippen molar-refractivity contribution in [1.82, 2.24) is 4.98 Å². The fraction of sp³-hybridized carbons (Fsp3) is 0.158. The monoisotopic (exact) mass is 390 g/mol. The molecule has 3 aromatic rings. The van der Waals surface area contributed by atoms with E-state index in [1.807, 2.05) is 0 Å². The largest absolute Gasteiger partial charge is 0.493 e. The Morgan fingerprint density at radius 3 is 2.59 bits per heavy atom. The molecule has 5 nitrogen and oxygen atoms in total. The van der Waals surface area contributed by atoms with Gasteiger partial charge in [-0.1, -0.05) is 6.07 Å². The molecule has 8 heteroatoms. The average molecular weight is 390 g/mol. The lowest BCUT2D eigenvalue weighted by molar-refractivity contribution is -0.115. The summed E-state index contributed by atoms with van der Waals surface area (Å²) in [6, 6.07) is 8.48. The molecule has 0 aliphatic carbocycles. The van der Waals surface area contributed by atoms with Crippen LogP contribution < -0.4 is 14.8 Å². The second kappa shape index (κ2) is 8.13. The molecule has 0 unspecified atom stereocenters. The van der Waals surface area contributed by atoms with Crippen LogP contribution in [0.1, 0.15) is 5.56 Å². The first-order valence-electron chi connectivity index (χ1n) is 7.92. The first kappa shape index (κ1) is 18.8. The highest BCUT2D eigenvalue weighted by Crippen LogP contribution is 2.29. The van der Waals surface area contributed by atoms with Gasteiger partial charge in [0.25, 0.3) is 0 Å². The first-order chi connectivity index (χ1) is 13.0. The third kappa shape index (κ3) is 4.40. The maximum atomic E-state index is 13.8. The Morgan fingerprint density at radius 2 is 1.89 bits per heavy atom. The number of methoxy groups -OCH3 is 2. The van der Waals surface area contributed by atoms with Gasteiger partial charge in [-0.15, -0.1) is 11.3 Å². The van der Waals surface area contributed by atoms with Crippen molar-refractivity contribution in [3.63, 3.8) is 0 Å². The van der Waals surface area contributed by atoms with Crippen LogP contribution in [0, 0.1) is 11.6 Å². The lowest BCUT2D eigenvalue weighted by atomic mass is 10.1. The van der Waals surface area contributed by atoms with Gasteiger partial charge < -0.3 is 14.8 Å². The number of carbonyl (C=O) groups excluding carboxylic acids is 1. The summed E-state index contributed by atoms with van der Waals surface area (Å²) in [5, 5.41) is 4.61. The number of anilines is 1. The van der Waals surface area contributed by atoms with Crippen molar-refractivity contribution in [2.75, 3.05) is 19.5 Å². The number of rotatable bonds is 6. The van der Waals surface area contributed by atoms with Gasteiger partial charge in [0.1, 0.15) is 11.6 Å². The summed E-state index contributed by atoms with van der Waals surface area (Å²) >= 11 is 1.16. The molecule has 0 aliphatic rings. The average Bonchev–Trinajstić information content (AvgIpc) is 3.09. The highest BCUT2D eigenvalue weighted by Gasteiger charge is 2.13. The van der Waals surface area contributed by atoms with Crippen molar-refractivity contribution in [3.8, 4) is 22.8 Å². The Labute approximate surface area is 158 Å². The van der Waals surface area contributed by atoms with Crippen LogP contribution in [0.4, 0.5) is 13.9 Å². The molecule has 1 heterocycles. The van der Waals surface area contributed by atoms with Crippen LogP contribution in [0.3, 0.4) is 0 Å². The maximum Gasteiger partial charge on any atom is 0.230 e. The predicted molar refractivity (Wildman–Crippen MR) is 99.3 cm³/mol. The molecule has 0 saturated carbocycles. The molecule has 0 spiro atoms. The zero-order chi connectivity index (χ0) is 19.4. The lowest BCUT2D eigenvalue weighted by Crippen LogP contribution is -2.14. The van der Waals surface area contributed by atoms with Gasteiger partial charge in [0.15, 0.2) is 16.6 Å². The quantitative estimate of drug-likeness (QED) is 0.682. The van der Waals surface area contributed by atoms with Crippen molar-refractivity contribution >= 4 is 22.4 Å². The summed E-state index contributed by atoms with van der Waals surface area (Å²) in [6.45, 7) is 0. The molecule has 1 N–H and O–H groups in total. The zero-order valence-electron chi connectivity index (χ0n) is 14.6. The van der Waals surface area contributed by atoms with Crippen LogP contribution in [0.25, 0.3) is 11.3 Å². The number of hydrogen-bond acceptors (Lipinski definition) is 5. The van der Waals surface area contributed by atoms with E-state index in [9.17, 15) is 13.6 Å². The maximum absolute atomic E-state index is 13.8. The van der Waals surface area contributed by atoms with Gasteiger partial charge in [-0.25, -0.2) is 13.8 Å². The van der Waals surface area contributed by atoms with E-state index in [4.69, 9.17) is 9.47 Å². The minimum absolute atomic E-state index is 0.111. The lowest BCUT2D eigenvalue weighted by Gasteiger charge is -2.09. The van der Waals surface area contributed by atoms with Gasteiger partial charge in [0.2, 0.25) is 5.91 Å². The molecular weight excluding hydrogens is 374 g/mol. The molecule has 0 aliphatic heterocycles. The van der Waals surface area contributed by atoms with Crippen LogP contribution in [0.5, 0.6) is 11.5 Å². The molecule has 3 rings (SSSR count). The number of ether oxygens (including phenoxy) is 2. The van der Waals surface area contributed by atoms with Gasteiger partial charge in [0, 0.05) is 17.0 Å². The van der Waals surface area contributed by atoms with Crippen LogP contribution in [0.2, 0.25) is 0 Å². The number of amides is 1. The fourth-order valence-electron chi connectivity index (χ4n) is 2.49. The molecule has 0 fully saturated rings. The highest BCUT2D eigenvalue weighted by atomic mass is 32.1. The van der Waals surface area contributed by atoms with Gasteiger partial charge in [-0.05, 0) is 29.8 Å². The highest BCUT2D eigenvalue weighted by molar-refractivity contribution is 7.14. The van der Waals surface area contributed by atoms with Crippen molar-refractivity contribution in [2.24, 2.45) is 0 Å². The van der Waals surface area contributed by atoms with E-state index in [-0.39, 0.29) is 17.9 Å². The van der Waals surface area contributed by atoms with Gasteiger partial charge in [-0.3, -0.25) is 4.79 Å². The fourth-order valence-corrected chi connectivity index (χ4v) is 3.22. The van der Waals surface area contributed by atoms with Crippen LogP contribution >= 0.6 is 11.3 Å². The summed E-state index contributed by atoms with van der Waals surface area (Å²) in [5.41, 5.74) is 1.25. The summed E-state index contributed by atoms with van der Waals surface area (Å²) in [4.78, 5) is 16.4. The van der Waals surface area contributed by atoms with E-state index in [0.717, 1.165) is 29.0 Å². The van der Waals surface area contributed by atoms with E-state index in [0.29, 0.717) is 22.3 Å². The third-order valence-corrected chi connectivity index (χ3v) is 4.53. The Hall–Kier alpha value is -3.00. The van der Waals surface area contributed by atoms with Crippen molar-refractivity contribution in [3.05, 3.63) is 59.0 Å². The topological polar surface area (TPSA) is 60.5 Å². The van der Waals surface area contributed by atoms with E-state index in [1.165, 1.54) is 20.3 Å². The Morgan fingerprint density at radius 1 is 1.11 bits per heavy atom. The van der Waals surface area contributed by atoms with Crippen molar-refractivity contribution in [2.45, 2.75) is 6.42 Å². The molecule has 0 radical (unpaired) electrons. The molecule has 0 bridgehead atoms. The molecule has 1 aromatic heterocycles. The summed E-state index contributed by atoms with van der Waals surface area (Å²) in [5.74, 6) is -0.528. The van der Waals surface area contributed by atoms with Crippen molar-refractivity contribution in [1.29, 1.82) is 0 Å². The van der Waals surface area contributed by atoms with E-state index in [2.05, 4.69) is 10.3 Å². The van der Waals surface area contributed by atoms with Crippen LogP contribution in [-0.4, -0.2) is 25.1 Å². The summed E-state index contributed by atoms with van der Waals surface area (Å²) in [7, 11) is 3.06. The zero-order valence-corrected chi connectivity index (χ0v) is 15.4. The Balaban J connectivity index is 1.69.